The van der Waals surface area contributed by atoms with Gasteiger partial charge < -0.3 is 5.32 Å². The molecule has 0 fully saturated rings. The van der Waals surface area contributed by atoms with Crippen molar-refractivity contribution in [1.29, 1.82) is 0 Å². The molecule has 0 aliphatic carbocycles. The standard InChI is InChI=1S/C15H24FN/c1-5-12(15(11(3)4)17-6-2)13-9-7-8-10-14(13)16/h7-12,15,17H,5-6H2,1-4H3. The van der Waals surface area contributed by atoms with Crippen molar-refractivity contribution in [1.82, 2.24) is 5.32 Å². The summed E-state index contributed by atoms with van der Waals surface area (Å²) in [5, 5.41) is 3.49. The number of halogens is 1. The van der Waals surface area contributed by atoms with E-state index in [0.29, 0.717) is 12.0 Å². The summed E-state index contributed by atoms with van der Waals surface area (Å²) in [6.45, 7) is 9.54. The van der Waals surface area contributed by atoms with Crippen LogP contribution in [-0.2, 0) is 0 Å². The minimum Gasteiger partial charge on any atom is -0.313 e. The summed E-state index contributed by atoms with van der Waals surface area (Å²) in [6, 6.07) is 7.48. The van der Waals surface area contributed by atoms with Crippen molar-refractivity contribution in [2.45, 2.75) is 46.1 Å². The van der Waals surface area contributed by atoms with Crippen LogP contribution in [0.5, 0.6) is 0 Å². The fourth-order valence-electron chi connectivity index (χ4n) is 2.52. The zero-order chi connectivity index (χ0) is 12.8. The van der Waals surface area contributed by atoms with Crippen LogP contribution in [0.1, 0.15) is 45.6 Å². The molecule has 0 aliphatic rings. The summed E-state index contributed by atoms with van der Waals surface area (Å²) in [5.41, 5.74) is 0.842. The van der Waals surface area contributed by atoms with E-state index in [2.05, 4.69) is 33.0 Å². The van der Waals surface area contributed by atoms with Crippen molar-refractivity contribution < 1.29 is 4.39 Å². The van der Waals surface area contributed by atoms with Gasteiger partial charge in [-0.25, -0.2) is 4.39 Å². The minimum absolute atomic E-state index is 0.0806. The van der Waals surface area contributed by atoms with E-state index in [0.717, 1.165) is 18.5 Å². The molecule has 2 atom stereocenters. The molecule has 1 rings (SSSR count). The molecule has 2 heteroatoms. The number of benzene rings is 1. The van der Waals surface area contributed by atoms with Crippen LogP contribution in [0.3, 0.4) is 0 Å². The Morgan fingerprint density at radius 1 is 1.18 bits per heavy atom. The van der Waals surface area contributed by atoms with E-state index in [4.69, 9.17) is 0 Å². The molecule has 0 aromatic heterocycles. The molecule has 1 aromatic carbocycles. The summed E-state index contributed by atoms with van der Waals surface area (Å²) >= 11 is 0. The van der Waals surface area contributed by atoms with Gasteiger partial charge in [0.2, 0.25) is 0 Å². The van der Waals surface area contributed by atoms with Crippen LogP contribution >= 0.6 is 0 Å². The first kappa shape index (κ1) is 14.2. The Bertz CT molecular complexity index is 335. The lowest BCUT2D eigenvalue weighted by atomic mass is 9.83. The molecule has 0 aliphatic heterocycles. The molecule has 0 bridgehead atoms. The van der Waals surface area contributed by atoms with Gasteiger partial charge in [0.15, 0.2) is 0 Å². The highest BCUT2D eigenvalue weighted by Crippen LogP contribution is 2.29. The average molecular weight is 237 g/mol. The first-order chi connectivity index (χ1) is 8.11. The molecule has 0 saturated carbocycles. The molecule has 0 spiro atoms. The third-order valence-corrected chi connectivity index (χ3v) is 3.34. The van der Waals surface area contributed by atoms with E-state index in [-0.39, 0.29) is 11.7 Å². The summed E-state index contributed by atoms with van der Waals surface area (Å²) in [7, 11) is 0. The van der Waals surface area contributed by atoms with Gasteiger partial charge in [0.1, 0.15) is 5.82 Å². The van der Waals surface area contributed by atoms with Gasteiger partial charge in [-0.15, -0.1) is 0 Å². The van der Waals surface area contributed by atoms with E-state index in [1.54, 1.807) is 12.1 Å². The SMILES string of the molecule is CCNC(C(C)C)C(CC)c1ccccc1F. The quantitative estimate of drug-likeness (QED) is 0.790. The van der Waals surface area contributed by atoms with Gasteiger partial charge in [0, 0.05) is 12.0 Å². The van der Waals surface area contributed by atoms with E-state index >= 15 is 0 Å². The van der Waals surface area contributed by atoms with Crippen molar-refractivity contribution in [3.8, 4) is 0 Å². The number of rotatable bonds is 6. The Balaban J connectivity index is 3.00. The van der Waals surface area contributed by atoms with E-state index in [9.17, 15) is 4.39 Å². The van der Waals surface area contributed by atoms with Crippen molar-refractivity contribution >= 4 is 0 Å². The maximum absolute atomic E-state index is 13.9. The zero-order valence-electron chi connectivity index (χ0n) is 11.3. The second-order valence-corrected chi connectivity index (χ2v) is 4.86. The molecular weight excluding hydrogens is 213 g/mol. The first-order valence-electron chi connectivity index (χ1n) is 6.59. The molecule has 17 heavy (non-hydrogen) atoms. The van der Waals surface area contributed by atoms with Crippen LogP contribution in [0.15, 0.2) is 24.3 Å². The summed E-state index contributed by atoms with van der Waals surface area (Å²) < 4.78 is 13.9. The number of hydrogen-bond acceptors (Lipinski definition) is 1. The second kappa shape index (κ2) is 6.75. The smallest absolute Gasteiger partial charge is 0.126 e. The number of hydrogen-bond donors (Lipinski definition) is 1. The van der Waals surface area contributed by atoms with Gasteiger partial charge in [-0.05, 0) is 30.5 Å². The molecule has 1 aromatic rings. The molecule has 0 amide bonds. The largest absolute Gasteiger partial charge is 0.313 e. The summed E-state index contributed by atoms with van der Waals surface area (Å²) in [4.78, 5) is 0. The van der Waals surface area contributed by atoms with E-state index < -0.39 is 0 Å². The molecule has 1 N–H and O–H groups in total. The molecule has 0 radical (unpaired) electrons. The van der Waals surface area contributed by atoms with Crippen molar-refractivity contribution in [2.24, 2.45) is 5.92 Å². The lowest BCUT2D eigenvalue weighted by molar-refractivity contribution is 0.334. The molecule has 0 saturated heterocycles. The summed E-state index contributed by atoms with van der Waals surface area (Å²) in [6.07, 6.45) is 0.955. The Labute approximate surface area is 104 Å². The number of nitrogens with one attached hydrogen (secondary N) is 1. The van der Waals surface area contributed by atoms with Crippen LogP contribution in [-0.4, -0.2) is 12.6 Å². The zero-order valence-corrected chi connectivity index (χ0v) is 11.3. The highest BCUT2D eigenvalue weighted by atomic mass is 19.1. The highest BCUT2D eigenvalue weighted by molar-refractivity contribution is 5.23. The topological polar surface area (TPSA) is 12.0 Å². The lowest BCUT2D eigenvalue weighted by Crippen LogP contribution is -2.39. The molecule has 96 valence electrons. The Hall–Kier alpha value is -0.890. The normalized spacial score (nSPS) is 14.9. The van der Waals surface area contributed by atoms with E-state index in [1.807, 2.05) is 12.1 Å². The van der Waals surface area contributed by atoms with Gasteiger partial charge in [0.25, 0.3) is 0 Å². The van der Waals surface area contributed by atoms with Gasteiger partial charge >= 0.3 is 0 Å². The van der Waals surface area contributed by atoms with Gasteiger partial charge in [-0.2, -0.15) is 0 Å². The van der Waals surface area contributed by atoms with Gasteiger partial charge in [0.05, 0.1) is 0 Å². The van der Waals surface area contributed by atoms with Crippen molar-refractivity contribution in [3.05, 3.63) is 35.6 Å². The third-order valence-electron chi connectivity index (χ3n) is 3.34. The van der Waals surface area contributed by atoms with Crippen molar-refractivity contribution in [2.75, 3.05) is 6.54 Å². The maximum atomic E-state index is 13.9. The lowest BCUT2D eigenvalue weighted by Gasteiger charge is -2.31. The molecular formula is C15H24FN. The van der Waals surface area contributed by atoms with Gasteiger partial charge in [-0.3, -0.25) is 0 Å². The average Bonchev–Trinajstić information content (AvgIpc) is 2.31. The molecule has 2 unspecified atom stereocenters. The van der Waals surface area contributed by atoms with Crippen LogP contribution < -0.4 is 5.32 Å². The van der Waals surface area contributed by atoms with Crippen molar-refractivity contribution in [3.63, 3.8) is 0 Å². The van der Waals surface area contributed by atoms with Crippen LogP contribution in [0.4, 0.5) is 4.39 Å². The van der Waals surface area contributed by atoms with Crippen LogP contribution in [0.2, 0.25) is 0 Å². The molecule has 0 heterocycles. The fraction of sp³-hybridized carbons (Fsp3) is 0.600. The maximum Gasteiger partial charge on any atom is 0.126 e. The summed E-state index contributed by atoms with van der Waals surface area (Å²) in [5.74, 6) is 0.665. The third kappa shape index (κ3) is 3.53. The monoisotopic (exact) mass is 237 g/mol. The Morgan fingerprint density at radius 2 is 1.82 bits per heavy atom. The Morgan fingerprint density at radius 3 is 2.29 bits per heavy atom. The minimum atomic E-state index is -0.0806. The van der Waals surface area contributed by atoms with E-state index in [1.165, 1.54) is 0 Å². The second-order valence-electron chi connectivity index (χ2n) is 4.86. The van der Waals surface area contributed by atoms with Crippen LogP contribution in [0, 0.1) is 11.7 Å². The number of likely N-dealkylation sites (N-methyl/N-ethyl adjacent to an activating group) is 1. The predicted molar refractivity (Wildman–Crippen MR) is 71.7 cm³/mol. The first-order valence-corrected chi connectivity index (χ1v) is 6.59. The predicted octanol–water partition coefficient (Wildman–Crippen LogP) is 3.95. The van der Waals surface area contributed by atoms with Gasteiger partial charge in [-0.1, -0.05) is 45.9 Å². The fourth-order valence-corrected chi connectivity index (χ4v) is 2.52. The Kier molecular flexibility index (Phi) is 5.63. The van der Waals surface area contributed by atoms with Crippen LogP contribution in [0.25, 0.3) is 0 Å². The molecule has 1 nitrogen and oxygen atoms in total. The highest BCUT2D eigenvalue weighted by Gasteiger charge is 2.25.